The van der Waals surface area contributed by atoms with Crippen LogP contribution in [0.2, 0.25) is 5.04 Å². The Bertz CT molecular complexity index is 1120. The summed E-state index contributed by atoms with van der Waals surface area (Å²) in [6.07, 6.45) is -0.551. The fraction of sp³-hybridized carbons (Fsp3) is 0.333. The van der Waals surface area contributed by atoms with Crippen LogP contribution in [0, 0.1) is 5.92 Å². The van der Waals surface area contributed by atoms with E-state index in [9.17, 15) is 9.59 Å². The summed E-state index contributed by atoms with van der Waals surface area (Å²) < 4.78 is 18.3. The average Bonchev–Trinajstić information content (AvgIpc) is 3.26. The minimum atomic E-state index is -2.74. The molecular formula is C30H34O5Si. The molecule has 0 bridgehead atoms. The maximum atomic E-state index is 12.7. The molecule has 3 atom stereocenters. The number of esters is 2. The summed E-state index contributed by atoms with van der Waals surface area (Å²) in [6.45, 7) is 8.68. The number of hydrogen-bond acceptors (Lipinski definition) is 5. The van der Waals surface area contributed by atoms with Crippen LogP contribution in [-0.2, 0) is 18.7 Å². The fourth-order valence-corrected chi connectivity index (χ4v) is 9.63. The van der Waals surface area contributed by atoms with Gasteiger partial charge in [0.15, 0.2) is 0 Å². The first-order valence-electron chi connectivity index (χ1n) is 12.4. The minimum absolute atomic E-state index is 0.170. The van der Waals surface area contributed by atoms with Gasteiger partial charge in [0.25, 0.3) is 8.32 Å². The second kappa shape index (κ2) is 10.8. The van der Waals surface area contributed by atoms with E-state index < -0.39 is 32.4 Å². The third-order valence-electron chi connectivity index (χ3n) is 6.87. The highest BCUT2D eigenvalue weighted by Crippen LogP contribution is 2.37. The Morgan fingerprint density at radius 3 is 1.92 bits per heavy atom. The Balaban J connectivity index is 1.52. The summed E-state index contributed by atoms with van der Waals surface area (Å²) in [6, 6.07) is 29.6. The molecule has 1 heterocycles. The number of cyclic esters (lactones) is 1. The van der Waals surface area contributed by atoms with Gasteiger partial charge in [0, 0.05) is 6.42 Å². The molecule has 0 aromatic heterocycles. The molecule has 1 saturated heterocycles. The third-order valence-corrected chi connectivity index (χ3v) is 11.9. The Hall–Kier alpha value is -3.22. The molecule has 36 heavy (non-hydrogen) atoms. The molecule has 0 amide bonds. The Kier molecular flexibility index (Phi) is 7.76. The monoisotopic (exact) mass is 502 g/mol. The second-order valence-corrected chi connectivity index (χ2v) is 14.7. The molecule has 1 aliphatic rings. The van der Waals surface area contributed by atoms with Gasteiger partial charge >= 0.3 is 11.9 Å². The quantitative estimate of drug-likeness (QED) is 0.329. The summed E-state index contributed by atoms with van der Waals surface area (Å²) in [7, 11) is -2.74. The van der Waals surface area contributed by atoms with Crippen LogP contribution in [0.15, 0.2) is 91.0 Å². The third kappa shape index (κ3) is 5.30. The lowest BCUT2D eigenvalue weighted by molar-refractivity contribution is -0.147. The van der Waals surface area contributed by atoms with E-state index in [1.165, 1.54) is 10.4 Å². The zero-order valence-corrected chi connectivity index (χ0v) is 22.3. The van der Waals surface area contributed by atoms with Gasteiger partial charge in [-0.15, -0.1) is 0 Å². The maximum Gasteiger partial charge on any atom is 0.338 e. The molecule has 0 N–H and O–H groups in total. The molecule has 3 aromatic rings. The van der Waals surface area contributed by atoms with Gasteiger partial charge in [-0.2, -0.15) is 0 Å². The number of carbonyl (C=O) groups is 2. The van der Waals surface area contributed by atoms with Gasteiger partial charge in [0.1, 0.15) is 12.2 Å². The number of ether oxygens (including phenoxy) is 2. The predicted molar refractivity (Wildman–Crippen MR) is 143 cm³/mol. The van der Waals surface area contributed by atoms with Crippen molar-refractivity contribution in [3.8, 4) is 0 Å². The number of carbonyl (C=O) groups excluding carboxylic acids is 2. The van der Waals surface area contributed by atoms with Crippen LogP contribution in [0.25, 0.3) is 0 Å². The SMILES string of the molecule is CC(OC(=O)c1ccccc1)C1C[C@@H](CO[Si](c2ccccc2)(c2ccccc2)C(C)(C)C)OC1=O. The van der Waals surface area contributed by atoms with Crippen LogP contribution in [0.3, 0.4) is 0 Å². The predicted octanol–water partition coefficient (Wildman–Crippen LogP) is 4.74. The van der Waals surface area contributed by atoms with Gasteiger partial charge in [-0.3, -0.25) is 4.79 Å². The van der Waals surface area contributed by atoms with Crippen LogP contribution in [0.1, 0.15) is 44.5 Å². The molecule has 3 aromatic carbocycles. The van der Waals surface area contributed by atoms with E-state index in [0.29, 0.717) is 12.0 Å². The van der Waals surface area contributed by atoms with E-state index in [1.807, 2.05) is 42.5 Å². The van der Waals surface area contributed by atoms with Crippen molar-refractivity contribution >= 4 is 30.6 Å². The van der Waals surface area contributed by atoms with Gasteiger partial charge in [-0.25, -0.2) is 4.79 Å². The molecule has 0 aliphatic carbocycles. The molecule has 2 unspecified atom stereocenters. The maximum absolute atomic E-state index is 12.7. The van der Waals surface area contributed by atoms with Crippen molar-refractivity contribution < 1.29 is 23.5 Å². The first-order chi connectivity index (χ1) is 17.2. The molecule has 6 heteroatoms. The summed E-state index contributed by atoms with van der Waals surface area (Å²) in [5.74, 6) is -1.31. The van der Waals surface area contributed by atoms with Crippen LogP contribution >= 0.6 is 0 Å². The van der Waals surface area contributed by atoms with E-state index in [2.05, 4.69) is 45.0 Å². The highest BCUT2D eigenvalue weighted by atomic mass is 28.4. The van der Waals surface area contributed by atoms with Crippen molar-refractivity contribution in [1.82, 2.24) is 0 Å². The summed E-state index contributed by atoms with van der Waals surface area (Å²) in [5, 5.41) is 2.18. The van der Waals surface area contributed by atoms with Crippen LogP contribution in [0.5, 0.6) is 0 Å². The molecule has 0 saturated carbocycles. The lowest BCUT2D eigenvalue weighted by Gasteiger charge is -2.43. The van der Waals surface area contributed by atoms with E-state index in [-0.39, 0.29) is 17.6 Å². The lowest BCUT2D eigenvalue weighted by atomic mass is 9.99. The van der Waals surface area contributed by atoms with E-state index in [0.717, 1.165) is 0 Å². The smallest absolute Gasteiger partial charge is 0.338 e. The number of hydrogen-bond donors (Lipinski definition) is 0. The molecule has 0 radical (unpaired) electrons. The van der Waals surface area contributed by atoms with Crippen molar-refractivity contribution in [2.45, 2.75) is 51.4 Å². The van der Waals surface area contributed by atoms with Crippen LogP contribution in [-0.4, -0.2) is 39.1 Å². The summed E-state index contributed by atoms with van der Waals surface area (Å²) in [4.78, 5) is 25.2. The standard InChI is InChI=1S/C30H34O5Si/c1-22(34-28(31)23-14-8-5-9-15-23)27-20-24(35-29(27)32)21-33-36(30(2,3)4,25-16-10-6-11-17-25)26-18-12-7-13-19-26/h5-19,22,24,27H,20-21H2,1-4H3/t22?,24-,27?/m0/s1. The molecule has 188 valence electrons. The number of rotatable bonds is 8. The second-order valence-electron chi connectivity index (χ2n) is 10.4. The van der Waals surface area contributed by atoms with Crippen LogP contribution < -0.4 is 10.4 Å². The molecule has 5 nitrogen and oxygen atoms in total. The highest BCUT2D eigenvalue weighted by Gasteiger charge is 2.51. The normalized spacial score (nSPS) is 18.9. The molecule has 4 rings (SSSR count). The molecule has 1 aliphatic heterocycles. The molecular weight excluding hydrogens is 468 g/mol. The van der Waals surface area contributed by atoms with E-state index in [1.54, 1.807) is 31.2 Å². The first kappa shape index (κ1) is 25.9. The lowest BCUT2D eigenvalue weighted by Crippen LogP contribution is -2.67. The zero-order chi connectivity index (χ0) is 25.8. The van der Waals surface area contributed by atoms with Gasteiger partial charge in [0.2, 0.25) is 0 Å². The van der Waals surface area contributed by atoms with Gasteiger partial charge < -0.3 is 13.9 Å². The fourth-order valence-electron chi connectivity index (χ4n) is 5.04. The highest BCUT2D eigenvalue weighted by molar-refractivity contribution is 6.99. The largest absolute Gasteiger partial charge is 0.460 e. The van der Waals surface area contributed by atoms with Gasteiger partial charge in [0.05, 0.1) is 18.1 Å². The van der Waals surface area contributed by atoms with E-state index in [4.69, 9.17) is 13.9 Å². The Morgan fingerprint density at radius 1 is 0.917 bits per heavy atom. The van der Waals surface area contributed by atoms with Gasteiger partial charge in [-0.1, -0.05) is 99.6 Å². The Morgan fingerprint density at radius 2 is 1.42 bits per heavy atom. The van der Waals surface area contributed by atoms with Crippen molar-refractivity contribution in [1.29, 1.82) is 0 Å². The van der Waals surface area contributed by atoms with Crippen LogP contribution in [0.4, 0.5) is 0 Å². The van der Waals surface area contributed by atoms with Crippen molar-refractivity contribution in [3.63, 3.8) is 0 Å². The Labute approximate surface area is 214 Å². The average molecular weight is 503 g/mol. The summed E-state index contributed by atoms with van der Waals surface area (Å²) in [5.41, 5.74) is 0.460. The first-order valence-corrected chi connectivity index (χ1v) is 14.3. The van der Waals surface area contributed by atoms with E-state index >= 15 is 0 Å². The van der Waals surface area contributed by atoms with Crippen molar-refractivity contribution in [3.05, 3.63) is 96.6 Å². The molecule has 0 spiro atoms. The van der Waals surface area contributed by atoms with Crippen molar-refractivity contribution in [2.75, 3.05) is 6.61 Å². The number of benzene rings is 3. The molecule has 1 fully saturated rings. The van der Waals surface area contributed by atoms with Crippen molar-refractivity contribution in [2.24, 2.45) is 5.92 Å². The topological polar surface area (TPSA) is 61.8 Å². The minimum Gasteiger partial charge on any atom is -0.460 e. The summed E-state index contributed by atoms with van der Waals surface area (Å²) >= 11 is 0. The zero-order valence-electron chi connectivity index (χ0n) is 21.3. The van der Waals surface area contributed by atoms with Gasteiger partial charge in [-0.05, 0) is 34.5 Å².